The zero-order valence-corrected chi connectivity index (χ0v) is 26.0. The minimum atomic E-state index is -0.704. The molecule has 43 heavy (non-hydrogen) atoms. The van der Waals surface area contributed by atoms with Crippen LogP contribution in [0, 0.1) is 12.8 Å². The number of fused-ring (bicyclic) bond motifs is 2. The zero-order valence-electron chi connectivity index (χ0n) is 25.2. The first-order chi connectivity index (χ1) is 20.6. The number of ether oxygens (including phenoxy) is 2. The van der Waals surface area contributed by atoms with Crippen molar-refractivity contribution in [2.24, 2.45) is 5.92 Å². The van der Waals surface area contributed by atoms with Crippen LogP contribution in [-0.4, -0.2) is 85.6 Å². The van der Waals surface area contributed by atoms with E-state index in [1.165, 1.54) is 0 Å². The zero-order chi connectivity index (χ0) is 30.3. The first-order valence-electron chi connectivity index (χ1n) is 14.9. The number of amides is 2. The Morgan fingerprint density at radius 2 is 1.95 bits per heavy atom. The molecule has 6 rings (SSSR count). The minimum Gasteiger partial charge on any atom is -0.488 e. The lowest BCUT2D eigenvalue weighted by Gasteiger charge is -2.44. The molecule has 0 bridgehead atoms. The molecule has 0 radical (unpaired) electrons. The standard InChI is InChI=1S/C32H39ClN6O4/c1-21-15-36(20-35-21)16-22-9-11-38(17-22)30(40)26-18-37(12-13-39(26)31(41)43-32(2,3)4)29-25-8-7-24(33)14-27(25)42-19-23-6-5-10-34-28(23)29/h5-8,10,14-15,20,22,26,29H,9,11-13,16-19H2,1-4H3/t22-,26?,29+/m0/s1. The predicted octanol–water partition coefficient (Wildman–Crippen LogP) is 4.69. The van der Waals surface area contributed by atoms with E-state index in [4.69, 9.17) is 26.1 Å². The van der Waals surface area contributed by atoms with Crippen molar-refractivity contribution in [3.63, 3.8) is 0 Å². The van der Waals surface area contributed by atoms with E-state index in [9.17, 15) is 9.59 Å². The normalized spacial score (nSPS) is 22.4. The lowest BCUT2D eigenvalue weighted by atomic mass is 9.96. The van der Waals surface area contributed by atoms with Gasteiger partial charge in [-0.1, -0.05) is 23.7 Å². The van der Waals surface area contributed by atoms with Gasteiger partial charge in [-0.25, -0.2) is 9.78 Å². The van der Waals surface area contributed by atoms with Gasteiger partial charge in [0.25, 0.3) is 0 Å². The molecule has 3 aliphatic rings. The molecule has 228 valence electrons. The molecule has 0 spiro atoms. The Morgan fingerprint density at radius 3 is 2.72 bits per heavy atom. The van der Waals surface area contributed by atoms with Crippen LogP contribution < -0.4 is 4.74 Å². The van der Waals surface area contributed by atoms with Crippen LogP contribution in [-0.2, 0) is 22.7 Å². The smallest absolute Gasteiger partial charge is 0.411 e. The molecular weight excluding hydrogens is 568 g/mol. The Balaban J connectivity index is 1.29. The average Bonchev–Trinajstić information content (AvgIpc) is 3.56. The number of likely N-dealkylation sites (tertiary alicyclic amines) is 1. The maximum Gasteiger partial charge on any atom is 0.411 e. The molecule has 10 nitrogen and oxygen atoms in total. The minimum absolute atomic E-state index is 0.0534. The van der Waals surface area contributed by atoms with Gasteiger partial charge < -0.3 is 18.9 Å². The number of hydrogen-bond acceptors (Lipinski definition) is 7. The van der Waals surface area contributed by atoms with Crippen LogP contribution in [0.15, 0.2) is 49.1 Å². The fourth-order valence-electron chi connectivity index (χ4n) is 6.40. The number of aromatic nitrogens is 3. The van der Waals surface area contributed by atoms with Crippen molar-refractivity contribution in [2.45, 2.75) is 65.0 Å². The van der Waals surface area contributed by atoms with Crippen molar-refractivity contribution in [2.75, 3.05) is 32.7 Å². The highest BCUT2D eigenvalue weighted by Gasteiger charge is 2.44. The van der Waals surface area contributed by atoms with Gasteiger partial charge in [-0.05, 0) is 58.2 Å². The number of benzene rings is 1. The van der Waals surface area contributed by atoms with E-state index in [2.05, 4.69) is 14.5 Å². The van der Waals surface area contributed by atoms with Gasteiger partial charge in [-0.2, -0.15) is 0 Å². The number of hydrogen-bond donors (Lipinski definition) is 0. The Hall–Kier alpha value is -3.63. The number of carbonyl (C=O) groups excluding carboxylic acids is 2. The van der Waals surface area contributed by atoms with E-state index >= 15 is 0 Å². The maximum absolute atomic E-state index is 14.3. The molecular formula is C32H39ClN6O4. The van der Waals surface area contributed by atoms with E-state index in [-0.39, 0.29) is 11.9 Å². The number of nitrogens with zero attached hydrogens (tertiary/aromatic N) is 6. The molecule has 2 fully saturated rings. The third-order valence-corrected chi connectivity index (χ3v) is 8.59. The van der Waals surface area contributed by atoms with Gasteiger partial charge in [-0.15, -0.1) is 0 Å². The molecule has 3 aromatic rings. The second-order valence-corrected chi connectivity index (χ2v) is 13.2. The second kappa shape index (κ2) is 11.8. The van der Waals surface area contributed by atoms with Crippen molar-refractivity contribution in [3.05, 3.63) is 76.6 Å². The highest BCUT2D eigenvalue weighted by atomic mass is 35.5. The average molecular weight is 607 g/mol. The van der Waals surface area contributed by atoms with E-state index in [0.717, 1.165) is 35.5 Å². The maximum atomic E-state index is 14.3. The summed E-state index contributed by atoms with van der Waals surface area (Å²) in [6.45, 7) is 11.2. The number of aryl methyl sites for hydroxylation is 1. The van der Waals surface area contributed by atoms with Crippen LogP contribution in [0.5, 0.6) is 5.75 Å². The molecule has 0 N–H and O–H groups in total. The van der Waals surface area contributed by atoms with Gasteiger partial charge in [-0.3, -0.25) is 19.6 Å². The third kappa shape index (κ3) is 6.35. The lowest BCUT2D eigenvalue weighted by molar-refractivity contribution is -0.138. The van der Waals surface area contributed by atoms with Crippen LogP contribution in [0.4, 0.5) is 4.79 Å². The van der Waals surface area contributed by atoms with Crippen molar-refractivity contribution >= 4 is 23.6 Å². The largest absolute Gasteiger partial charge is 0.488 e. The van der Waals surface area contributed by atoms with Crippen molar-refractivity contribution in [3.8, 4) is 5.75 Å². The predicted molar refractivity (Wildman–Crippen MR) is 162 cm³/mol. The SMILES string of the molecule is Cc1cn(C[C@@H]2CCN(C(=O)C3CN([C@@H]4c5ccc(Cl)cc5OCc5cccnc54)CCN3C(=O)OC(C)(C)C)C2)cn1. The van der Waals surface area contributed by atoms with Gasteiger partial charge in [0.2, 0.25) is 5.91 Å². The first-order valence-corrected chi connectivity index (χ1v) is 15.3. The van der Waals surface area contributed by atoms with Gasteiger partial charge in [0.05, 0.1) is 23.8 Å². The second-order valence-electron chi connectivity index (χ2n) is 12.8. The van der Waals surface area contributed by atoms with Crippen LogP contribution in [0.25, 0.3) is 0 Å². The Morgan fingerprint density at radius 1 is 1.12 bits per heavy atom. The summed E-state index contributed by atoms with van der Waals surface area (Å²) in [5.74, 6) is 0.964. The number of imidazole rings is 1. The lowest BCUT2D eigenvalue weighted by Crippen LogP contribution is -2.62. The molecule has 1 unspecified atom stereocenters. The summed E-state index contributed by atoms with van der Waals surface area (Å²) in [5.41, 5.74) is 3.11. The summed E-state index contributed by atoms with van der Waals surface area (Å²) in [5, 5.41) is 0.591. The summed E-state index contributed by atoms with van der Waals surface area (Å²) in [6, 6.07) is 8.63. The molecule has 2 saturated heterocycles. The topological polar surface area (TPSA) is 93.0 Å². The molecule has 0 aliphatic carbocycles. The van der Waals surface area contributed by atoms with Crippen LogP contribution in [0.1, 0.15) is 55.7 Å². The summed E-state index contributed by atoms with van der Waals surface area (Å²) >= 11 is 6.36. The molecule has 2 amide bonds. The van der Waals surface area contributed by atoms with Gasteiger partial charge >= 0.3 is 6.09 Å². The summed E-state index contributed by atoms with van der Waals surface area (Å²) < 4.78 is 14.1. The monoisotopic (exact) mass is 606 g/mol. The third-order valence-electron chi connectivity index (χ3n) is 8.36. The van der Waals surface area contributed by atoms with Gasteiger partial charge in [0.1, 0.15) is 24.0 Å². The molecule has 3 aliphatic heterocycles. The highest BCUT2D eigenvalue weighted by Crippen LogP contribution is 2.41. The van der Waals surface area contributed by atoms with Crippen LogP contribution in [0.2, 0.25) is 5.02 Å². The molecule has 2 aromatic heterocycles. The fraction of sp³-hybridized carbons (Fsp3) is 0.500. The number of halogens is 1. The number of carbonyl (C=O) groups is 2. The van der Waals surface area contributed by atoms with E-state index in [0.29, 0.717) is 56.0 Å². The van der Waals surface area contributed by atoms with Crippen LogP contribution in [0.3, 0.4) is 0 Å². The molecule has 0 saturated carbocycles. The molecule has 1 aromatic carbocycles. The van der Waals surface area contributed by atoms with E-state index in [1.54, 1.807) is 11.1 Å². The van der Waals surface area contributed by atoms with Crippen molar-refractivity contribution < 1.29 is 19.1 Å². The van der Waals surface area contributed by atoms with Gasteiger partial charge in [0.15, 0.2) is 0 Å². The molecule has 11 heteroatoms. The van der Waals surface area contributed by atoms with Crippen molar-refractivity contribution in [1.82, 2.24) is 29.2 Å². The molecule has 3 atom stereocenters. The van der Waals surface area contributed by atoms with E-state index in [1.807, 2.05) is 75.5 Å². The van der Waals surface area contributed by atoms with Crippen molar-refractivity contribution in [1.29, 1.82) is 0 Å². The fourth-order valence-corrected chi connectivity index (χ4v) is 6.56. The van der Waals surface area contributed by atoms with Crippen LogP contribution >= 0.6 is 11.6 Å². The van der Waals surface area contributed by atoms with E-state index < -0.39 is 17.7 Å². The first kappa shape index (κ1) is 29.4. The van der Waals surface area contributed by atoms with Gasteiger partial charge in [0, 0.05) is 67.8 Å². The Labute approximate surface area is 257 Å². The number of pyridine rings is 1. The quantitative estimate of drug-likeness (QED) is 0.425. The Kier molecular flexibility index (Phi) is 8.08. The summed E-state index contributed by atoms with van der Waals surface area (Å²) in [7, 11) is 0. The summed E-state index contributed by atoms with van der Waals surface area (Å²) in [4.78, 5) is 42.7. The number of rotatable bonds is 4. The Bertz CT molecular complexity index is 1500. The molecule has 5 heterocycles. The highest BCUT2D eigenvalue weighted by molar-refractivity contribution is 6.30. The summed E-state index contributed by atoms with van der Waals surface area (Å²) in [6.07, 6.45) is 6.10. The number of piperazine rings is 1.